The highest BCUT2D eigenvalue weighted by molar-refractivity contribution is 9.10. The predicted molar refractivity (Wildman–Crippen MR) is 127 cm³/mol. The van der Waals surface area contributed by atoms with Gasteiger partial charge in [-0.3, -0.25) is 9.59 Å². The minimum atomic E-state index is -0.731. The standard InChI is InChI=1S/C25H17BrFNO4S/c26-16-5-8-18-15(12-16)13-19(32-18)23(29)21-22(20-2-1-11-33-20)28(25(31)24(21)30)10-9-14-3-6-17(27)7-4-14/h1-8,11-13,22,30H,9-10H2. The van der Waals surface area contributed by atoms with E-state index in [2.05, 4.69) is 15.9 Å². The minimum Gasteiger partial charge on any atom is -0.503 e. The predicted octanol–water partition coefficient (Wildman–Crippen LogP) is 6.22. The van der Waals surface area contributed by atoms with Gasteiger partial charge in [-0.25, -0.2) is 4.39 Å². The van der Waals surface area contributed by atoms with Crippen LogP contribution >= 0.6 is 27.3 Å². The van der Waals surface area contributed by atoms with Crippen LogP contribution in [0.2, 0.25) is 0 Å². The zero-order valence-corrected chi connectivity index (χ0v) is 19.5. The molecule has 3 heterocycles. The summed E-state index contributed by atoms with van der Waals surface area (Å²) < 4.78 is 19.8. The van der Waals surface area contributed by atoms with Gasteiger partial charge >= 0.3 is 0 Å². The van der Waals surface area contributed by atoms with E-state index in [9.17, 15) is 19.1 Å². The van der Waals surface area contributed by atoms with Crippen molar-refractivity contribution in [2.75, 3.05) is 6.54 Å². The van der Waals surface area contributed by atoms with Crippen molar-refractivity contribution in [3.8, 4) is 0 Å². The van der Waals surface area contributed by atoms with Gasteiger partial charge in [-0.15, -0.1) is 11.3 Å². The number of furan rings is 1. The molecule has 2 aromatic heterocycles. The molecule has 5 rings (SSSR count). The third-order valence-corrected chi connectivity index (χ3v) is 7.04. The normalized spacial score (nSPS) is 16.2. The Labute approximate surface area is 200 Å². The lowest BCUT2D eigenvalue weighted by molar-refractivity contribution is -0.129. The number of thiophene rings is 1. The Hall–Kier alpha value is -3.23. The molecule has 2 aromatic carbocycles. The number of fused-ring (bicyclic) bond motifs is 1. The van der Waals surface area contributed by atoms with Crippen LogP contribution in [0.5, 0.6) is 0 Å². The van der Waals surface area contributed by atoms with E-state index in [1.54, 1.807) is 24.3 Å². The second-order valence-electron chi connectivity index (χ2n) is 7.68. The number of hydrogen-bond donors (Lipinski definition) is 1. The first kappa shape index (κ1) is 21.6. The van der Waals surface area contributed by atoms with Crippen LogP contribution in [0.4, 0.5) is 4.39 Å². The number of amides is 1. The van der Waals surface area contributed by atoms with E-state index in [0.717, 1.165) is 20.3 Å². The summed E-state index contributed by atoms with van der Waals surface area (Å²) >= 11 is 4.80. The molecule has 0 bridgehead atoms. The molecular formula is C25H17BrFNO4S. The van der Waals surface area contributed by atoms with Crippen molar-refractivity contribution in [2.45, 2.75) is 12.5 Å². The average molecular weight is 526 g/mol. The molecular weight excluding hydrogens is 509 g/mol. The molecule has 0 aliphatic carbocycles. The van der Waals surface area contributed by atoms with Crippen LogP contribution in [0, 0.1) is 5.82 Å². The van der Waals surface area contributed by atoms with Gasteiger partial charge in [-0.2, -0.15) is 0 Å². The highest BCUT2D eigenvalue weighted by Crippen LogP contribution is 2.41. The van der Waals surface area contributed by atoms with Crippen LogP contribution in [-0.2, 0) is 11.2 Å². The molecule has 5 nitrogen and oxygen atoms in total. The molecule has 1 atom stereocenters. The van der Waals surface area contributed by atoms with Gasteiger partial charge in [-0.05, 0) is 59.8 Å². The van der Waals surface area contributed by atoms with Crippen molar-refractivity contribution in [1.29, 1.82) is 0 Å². The van der Waals surface area contributed by atoms with Gasteiger partial charge in [-0.1, -0.05) is 34.1 Å². The third kappa shape index (κ3) is 4.00. The van der Waals surface area contributed by atoms with Gasteiger partial charge in [0, 0.05) is 21.3 Å². The second-order valence-corrected chi connectivity index (χ2v) is 9.57. The topological polar surface area (TPSA) is 70.8 Å². The fourth-order valence-corrected chi connectivity index (χ4v) is 5.24. The van der Waals surface area contributed by atoms with Gasteiger partial charge in [0.05, 0.1) is 11.6 Å². The molecule has 0 spiro atoms. The molecule has 8 heteroatoms. The molecule has 1 N–H and O–H groups in total. The highest BCUT2D eigenvalue weighted by Gasteiger charge is 2.44. The van der Waals surface area contributed by atoms with Crippen LogP contribution in [0.3, 0.4) is 0 Å². The molecule has 4 aromatic rings. The van der Waals surface area contributed by atoms with E-state index in [1.807, 2.05) is 29.6 Å². The first-order chi connectivity index (χ1) is 15.9. The summed E-state index contributed by atoms with van der Waals surface area (Å²) in [6, 6.07) is 16.0. The maximum atomic E-state index is 13.5. The fourth-order valence-electron chi connectivity index (χ4n) is 4.02. The van der Waals surface area contributed by atoms with E-state index >= 15 is 0 Å². The summed E-state index contributed by atoms with van der Waals surface area (Å²) in [7, 11) is 0. The number of carbonyl (C=O) groups is 2. The SMILES string of the molecule is O=C(C1=C(O)C(=O)N(CCc2ccc(F)cc2)C1c1cccs1)c1cc2cc(Br)ccc2o1. The summed E-state index contributed by atoms with van der Waals surface area (Å²) in [4.78, 5) is 28.7. The van der Waals surface area contributed by atoms with Crippen LogP contribution in [0.1, 0.15) is 27.0 Å². The van der Waals surface area contributed by atoms with Crippen LogP contribution in [0.15, 0.2) is 86.3 Å². The molecule has 1 aliphatic heterocycles. The maximum Gasteiger partial charge on any atom is 0.290 e. The molecule has 1 aliphatic rings. The van der Waals surface area contributed by atoms with Gasteiger partial charge in [0.25, 0.3) is 5.91 Å². The van der Waals surface area contributed by atoms with Crippen molar-refractivity contribution < 1.29 is 23.5 Å². The maximum absolute atomic E-state index is 13.5. The number of Topliss-reactive ketones (excluding diaryl/α,β-unsaturated/α-hetero) is 1. The number of ketones is 1. The van der Waals surface area contributed by atoms with Crippen molar-refractivity contribution in [3.05, 3.63) is 104 Å². The number of aliphatic hydroxyl groups excluding tert-OH is 1. The number of benzene rings is 2. The smallest absolute Gasteiger partial charge is 0.290 e. The van der Waals surface area contributed by atoms with E-state index < -0.39 is 23.5 Å². The average Bonchev–Trinajstić information content (AvgIpc) is 3.52. The Morgan fingerprint density at radius 1 is 1.15 bits per heavy atom. The molecule has 0 saturated carbocycles. The Morgan fingerprint density at radius 2 is 1.94 bits per heavy atom. The zero-order valence-electron chi connectivity index (χ0n) is 17.1. The number of nitrogens with zero attached hydrogens (tertiary/aromatic N) is 1. The Kier molecular flexibility index (Phi) is 5.64. The van der Waals surface area contributed by atoms with Crippen molar-refractivity contribution >= 4 is 49.9 Å². The molecule has 166 valence electrons. The minimum absolute atomic E-state index is 0.000298. The van der Waals surface area contributed by atoms with Gasteiger partial charge in [0.2, 0.25) is 5.78 Å². The Bertz CT molecular complexity index is 1390. The molecule has 1 amide bonds. The fraction of sp³-hybridized carbons (Fsp3) is 0.120. The monoisotopic (exact) mass is 525 g/mol. The number of rotatable bonds is 6. The number of carbonyl (C=O) groups excluding carboxylic acids is 2. The van der Waals surface area contributed by atoms with Crippen molar-refractivity contribution in [2.24, 2.45) is 0 Å². The van der Waals surface area contributed by atoms with E-state index in [0.29, 0.717) is 12.0 Å². The lowest BCUT2D eigenvalue weighted by atomic mass is 10.00. The lowest BCUT2D eigenvalue weighted by Gasteiger charge is -2.25. The highest BCUT2D eigenvalue weighted by atomic mass is 79.9. The summed E-state index contributed by atoms with van der Waals surface area (Å²) in [6.45, 7) is 0.251. The number of halogens is 2. The summed E-state index contributed by atoms with van der Waals surface area (Å²) in [5.74, 6) is -2.00. The Balaban J connectivity index is 1.50. The first-order valence-corrected chi connectivity index (χ1v) is 11.9. The summed E-state index contributed by atoms with van der Waals surface area (Å²) in [5, 5.41) is 13.3. The largest absolute Gasteiger partial charge is 0.503 e. The lowest BCUT2D eigenvalue weighted by Crippen LogP contribution is -2.32. The molecule has 0 saturated heterocycles. The summed E-state index contributed by atoms with van der Waals surface area (Å²) in [5.41, 5.74) is 1.38. The molecule has 33 heavy (non-hydrogen) atoms. The van der Waals surface area contributed by atoms with E-state index in [-0.39, 0.29) is 23.7 Å². The quantitative estimate of drug-likeness (QED) is 0.303. The number of aliphatic hydroxyl groups is 1. The van der Waals surface area contributed by atoms with Crippen molar-refractivity contribution in [3.63, 3.8) is 0 Å². The van der Waals surface area contributed by atoms with Crippen molar-refractivity contribution in [1.82, 2.24) is 4.90 Å². The van der Waals surface area contributed by atoms with Crippen LogP contribution in [0.25, 0.3) is 11.0 Å². The Morgan fingerprint density at radius 3 is 2.67 bits per heavy atom. The third-order valence-electron chi connectivity index (χ3n) is 5.62. The van der Waals surface area contributed by atoms with Crippen LogP contribution < -0.4 is 0 Å². The van der Waals surface area contributed by atoms with Gasteiger partial charge in [0.1, 0.15) is 11.4 Å². The van der Waals surface area contributed by atoms with Gasteiger partial charge in [0.15, 0.2) is 11.5 Å². The molecule has 0 fully saturated rings. The van der Waals surface area contributed by atoms with E-state index in [4.69, 9.17) is 4.42 Å². The van der Waals surface area contributed by atoms with E-state index in [1.165, 1.54) is 28.4 Å². The van der Waals surface area contributed by atoms with Crippen LogP contribution in [-0.4, -0.2) is 28.2 Å². The number of hydrogen-bond acceptors (Lipinski definition) is 5. The van der Waals surface area contributed by atoms with Gasteiger partial charge < -0.3 is 14.4 Å². The molecule has 0 radical (unpaired) electrons. The second kappa shape index (κ2) is 8.61. The first-order valence-electron chi connectivity index (χ1n) is 10.2. The zero-order chi connectivity index (χ0) is 23.1. The molecule has 1 unspecified atom stereocenters. The summed E-state index contributed by atoms with van der Waals surface area (Å²) in [6.07, 6.45) is 0.446.